The Hall–Kier alpha value is -3.75. The number of hydrogen-bond acceptors (Lipinski definition) is 9. The summed E-state index contributed by atoms with van der Waals surface area (Å²) in [6.45, 7) is 1.19. The van der Waals surface area contributed by atoms with Gasteiger partial charge in [0.15, 0.2) is 0 Å². The van der Waals surface area contributed by atoms with Crippen molar-refractivity contribution in [1.82, 2.24) is 25.9 Å². The van der Waals surface area contributed by atoms with Crippen LogP contribution in [0.4, 0.5) is 10.5 Å². The normalized spacial score (nSPS) is 15.5. The van der Waals surface area contributed by atoms with Crippen molar-refractivity contribution in [2.75, 3.05) is 45.6 Å². The van der Waals surface area contributed by atoms with E-state index in [-0.39, 0.29) is 19.7 Å². The summed E-state index contributed by atoms with van der Waals surface area (Å²) in [4.78, 5) is 63.3. The second-order valence-electron chi connectivity index (χ2n) is 8.58. The lowest BCUT2D eigenvalue weighted by Crippen LogP contribution is -2.53. The maximum absolute atomic E-state index is 12.6. The van der Waals surface area contributed by atoms with E-state index in [0.717, 1.165) is 5.56 Å². The lowest BCUT2D eigenvalue weighted by atomic mass is 10.1. The molecule has 0 radical (unpaired) electrons. The summed E-state index contributed by atoms with van der Waals surface area (Å²) < 4.78 is 5.24. The molecule has 14 nitrogen and oxygen atoms in total. The number of nitrogens with two attached hydrogens (primary N) is 1. The molecule has 1 fully saturated rings. The Balaban J connectivity index is 1.80. The highest BCUT2D eigenvalue weighted by molar-refractivity contribution is 5.97. The summed E-state index contributed by atoms with van der Waals surface area (Å²) >= 11 is 0. The third-order valence-electron chi connectivity index (χ3n) is 5.73. The van der Waals surface area contributed by atoms with E-state index in [0.29, 0.717) is 31.6 Å². The molecular formula is C23H35N7O7. The molecule has 1 aromatic carbocycles. The van der Waals surface area contributed by atoms with E-state index in [1.807, 2.05) is 0 Å². The number of carbonyl (C=O) groups is 5. The van der Waals surface area contributed by atoms with Crippen LogP contribution >= 0.6 is 0 Å². The van der Waals surface area contributed by atoms with Crippen LogP contribution in [0.2, 0.25) is 0 Å². The Bertz CT molecular complexity index is 957. The van der Waals surface area contributed by atoms with E-state index in [2.05, 4.69) is 16.0 Å². The lowest BCUT2D eigenvalue weighted by molar-refractivity contribution is -0.143. The number of hydrogen-bond donors (Lipinski definition) is 6. The Kier molecular flexibility index (Phi) is 11.7. The third kappa shape index (κ3) is 9.33. The highest BCUT2D eigenvalue weighted by atomic mass is 16.6. The van der Waals surface area contributed by atoms with Gasteiger partial charge in [-0.3, -0.25) is 19.2 Å². The van der Waals surface area contributed by atoms with Crippen molar-refractivity contribution >= 4 is 35.4 Å². The molecule has 1 saturated heterocycles. The van der Waals surface area contributed by atoms with Crippen LogP contribution in [0.25, 0.3) is 0 Å². The summed E-state index contributed by atoms with van der Waals surface area (Å²) in [6.07, 6.45) is 0.0726. The van der Waals surface area contributed by atoms with Crippen molar-refractivity contribution in [2.45, 2.75) is 38.0 Å². The first-order chi connectivity index (χ1) is 17.7. The van der Waals surface area contributed by atoms with E-state index in [1.165, 1.54) is 9.80 Å². The fraction of sp³-hybridized carbons (Fsp3) is 0.522. The number of amides is 5. The predicted molar refractivity (Wildman–Crippen MR) is 132 cm³/mol. The first-order valence-electron chi connectivity index (χ1n) is 11.8. The molecule has 1 aliphatic heterocycles. The molecule has 14 heteroatoms. The van der Waals surface area contributed by atoms with Crippen LogP contribution in [-0.2, 0) is 30.5 Å². The molecule has 1 aromatic rings. The van der Waals surface area contributed by atoms with Crippen molar-refractivity contribution < 1.29 is 33.9 Å². The molecule has 2 rings (SSSR count). The minimum absolute atomic E-state index is 0.0791. The topological polar surface area (TPSA) is 195 Å². The maximum atomic E-state index is 12.6. The molecule has 1 aliphatic rings. The fourth-order valence-corrected chi connectivity index (χ4v) is 3.69. The Labute approximate surface area is 214 Å². The number of anilines is 1. The lowest BCUT2D eigenvalue weighted by Gasteiger charge is -2.27. The summed E-state index contributed by atoms with van der Waals surface area (Å²) in [6, 6.07) is 4.62. The molecule has 0 saturated carbocycles. The number of primary amides is 1. The number of nitrogens with one attached hydrogen (secondary N) is 4. The number of ether oxygens (including phenoxy) is 1. The van der Waals surface area contributed by atoms with E-state index >= 15 is 0 Å². The summed E-state index contributed by atoms with van der Waals surface area (Å²) in [5.41, 5.74) is 8.08. The number of hydroxylamine groups is 1. The van der Waals surface area contributed by atoms with E-state index in [4.69, 9.17) is 10.5 Å². The molecule has 1 heterocycles. The van der Waals surface area contributed by atoms with Gasteiger partial charge in [0, 0.05) is 32.4 Å². The Morgan fingerprint density at radius 2 is 1.92 bits per heavy atom. The molecule has 0 spiro atoms. The van der Waals surface area contributed by atoms with Gasteiger partial charge in [-0.15, -0.1) is 0 Å². The van der Waals surface area contributed by atoms with Crippen molar-refractivity contribution in [2.24, 2.45) is 5.73 Å². The number of benzene rings is 1. The first-order valence-corrected chi connectivity index (χ1v) is 11.8. The molecular weight excluding hydrogens is 486 g/mol. The Morgan fingerprint density at radius 1 is 1.22 bits per heavy atom. The van der Waals surface area contributed by atoms with Crippen LogP contribution in [0.3, 0.4) is 0 Å². The molecule has 0 aromatic heterocycles. The zero-order chi connectivity index (χ0) is 27.4. The van der Waals surface area contributed by atoms with Crippen LogP contribution in [-0.4, -0.2) is 97.1 Å². The van der Waals surface area contributed by atoms with Gasteiger partial charge in [0.2, 0.25) is 23.6 Å². The maximum Gasteiger partial charge on any atom is 0.409 e. The number of carbonyl (C=O) groups excluding carboxylic acids is 5. The molecule has 0 bridgehead atoms. The molecule has 0 aliphatic carbocycles. The van der Waals surface area contributed by atoms with E-state index < -0.39 is 48.2 Å². The molecule has 2 unspecified atom stereocenters. The standard InChI is InChI=1S/C23H35N7O7/c1-25-9-11-29(2)23(35)37-14-15-5-7-16(8-6-15)27-20(32)13-26-21(33)18-4-3-10-30(18)22(34)17(28-36)12-19(24)31/h5-8,17-18,25,28,36H,3-4,9-14H2,1-2H3,(H2,24,31)(H,26,33)(H,27,32). The van der Waals surface area contributed by atoms with Crippen molar-refractivity contribution in [3.63, 3.8) is 0 Å². The number of rotatable bonds is 13. The SMILES string of the molecule is CNCCN(C)C(=O)OCc1ccc(NC(=O)CNC(=O)C2CCCN2C(=O)C(CC(N)=O)NO)cc1. The highest BCUT2D eigenvalue weighted by Crippen LogP contribution is 2.19. The van der Waals surface area contributed by atoms with Crippen molar-refractivity contribution in [1.29, 1.82) is 0 Å². The van der Waals surface area contributed by atoms with E-state index in [9.17, 15) is 29.2 Å². The number of likely N-dealkylation sites (N-methyl/N-ethyl adjacent to an activating group) is 2. The van der Waals surface area contributed by atoms with Crippen LogP contribution in [0.15, 0.2) is 24.3 Å². The minimum atomic E-state index is -1.25. The van der Waals surface area contributed by atoms with Crippen molar-refractivity contribution in [3.05, 3.63) is 29.8 Å². The summed E-state index contributed by atoms with van der Waals surface area (Å²) in [7, 11) is 3.44. The van der Waals surface area contributed by atoms with Crippen LogP contribution in [0, 0.1) is 0 Å². The zero-order valence-corrected chi connectivity index (χ0v) is 21.0. The Morgan fingerprint density at radius 3 is 2.54 bits per heavy atom. The van der Waals surface area contributed by atoms with Gasteiger partial charge in [0.05, 0.1) is 13.0 Å². The van der Waals surface area contributed by atoms with Gasteiger partial charge in [-0.05, 0) is 37.6 Å². The van der Waals surface area contributed by atoms with Crippen molar-refractivity contribution in [3.8, 4) is 0 Å². The largest absolute Gasteiger partial charge is 0.445 e. The minimum Gasteiger partial charge on any atom is -0.445 e. The fourth-order valence-electron chi connectivity index (χ4n) is 3.69. The highest BCUT2D eigenvalue weighted by Gasteiger charge is 2.37. The second-order valence-corrected chi connectivity index (χ2v) is 8.58. The average Bonchev–Trinajstić information content (AvgIpc) is 3.38. The zero-order valence-electron chi connectivity index (χ0n) is 21.0. The van der Waals surface area contributed by atoms with Gasteiger partial charge in [0.1, 0.15) is 18.7 Å². The average molecular weight is 522 g/mol. The first kappa shape index (κ1) is 29.5. The molecule has 37 heavy (non-hydrogen) atoms. The predicted octanol–water partition coefficient (Wildman–Crippen LogP) is -1.26. The van der Waals surface area contributed by atoms with Gasteiger partial charge in [0.25, 0.3) is 0 Å². The molecule has 5 amide bonds. The van der Waals surface area contributed by atoms with E-state index in [1.54, 1.807) is 43.8 Å². The monoisotopic (exact) mass is 521 g/mol. The molecule has 7 N–H and O–H groups in total. The van der Waals surface area contributed by atoms with Crippen LogP contribution in [0.1, 0.15) is 24.8 Å². The van der Waals surface area contributed by atoms with Gasteiger partial charge in [-0.25, -0.2) is 4.79 Å². The van der Waals surface area contributed by atoms with Crippen LogP contribution < -0.4 is 27.2 Å². The summed E-state index contributed by atoms with van der Waals surface area (Å²) in [5, 5.41) is 17.3. The second kappa shape index (κ2) is 14.7. The number of nitrogens with zero attached hydrogens (tertiary/aromatic N) is 2. The molecule has 2 atom stereocenters. The molecule has 204 valence electrons. The summed E-state index contributed by atoms with van der Waals surface area (Å²) in [5.74, 6) is -2.40. The quantitative estimate of drug-likeness (QED) is 0.172. The third-order valence-corrected chi connectivity index (χ3v) is 5.73. The van der Waals surface area contributed by atoms with Gasteiger partial charge < -0.3 is 41.4 Å². The van der Waals surface area contributed by atoms with Crippen LogP contribution in [0.5, 0.6) is 0 Å². The van der Waals surface area contributed by atoms with Gasteiger partial charge in [-0.1, -0.05) is 12.1 Å². The van der Waals surface area contributed by atoms with Gasteiger partial charge in [-0.2, -0.15) is 5.48 Å². The smallest absolute Gasteiger partial charge is 0.409 e. The van der Waals surface area contributed by atoms with Gasteiger partial charge >= 0.3 is 6.09 Å². The number of likely N-dealkylation sites (tertiary alicyclic amines) is 1.